The van der Waals surface area contributed by atoms with Crippen molar-refractivity contribution in [3.8, 4) is 0 Å². The van der Waals surface area contributed by atoms with Gasteiger partial charge in [0.1, 0.15) is 18.1 Å². The van der Waals surface area contributed by atoms with Crippen LogP contribution in [0.25, 0.3) is 0 Å². The normalized spacial score (nSPS) is 15.6. The predicted octanol–water partition coefficient (Wildman–Crippen LogP) is 2.25. The molecule has 2 aromatic rings. The number of hydrogen-bond acceptors (Lipinski definition) is 4. The van der Waals surface area contributed by atoms with E-state index < -0.39 is 0 Å². The van der Waals surface area contributed by atoms with Crippen molar-refractivity contribution in [3.05, 3.63) is 59.8 Å². The minimum Gasteiger partial charge on any atom is -0.469 e. The Kier molecular flexibility index (Phi) is 8.46. The summed E-state index contributed by atoms with van der Waals surface area (Å²) < 4.78 is 18.5. The van der Waals surface area contributed by atoms with Crippen molar-refractivity contribution in [2.24, 2.45) is 4.99 Å². The van der Waals surface area contributed by atoms with Gasteiger partial charge in [-0.05, 0) is 42.7 Å². The van der Waals surface area contributed by atoms with Crippen molar-refractivity contribution in [2.45, 2.75) is 31.8 Å². The van der Waals surface area contributed by atoms with Gasteiger partial charge in [0, 0.05) is 52.7 Å². The van der Waals surface area contributed by atoms with Crippen molar-refractivity contribution in [3.63, 3.8) is 0 Å². The van der Waals surface area contributed by atoms with Crippen LogP contribution in [-0.4, -0.2) is 68.0 Å². The maximum absolute atomic E-state index is 13.1. The Morgan fingerprint density at radius 1 is 1.23 bits per heavy atom. The molecule has 0 atom stereocenters. The zero-order valence-corrected chi connectivity index (χ0v) is 18.3. The molecule has 2 N–H and O–H groups in total. The highest BCUT2D eigenvalue weighted by atomic mass is 19.1. The number of furan rings is 1. The number of carbonyl (C=O) groups is 1. The van der Waals surface area contributed by atoms with Gasteiger partial charge in [0.15, 0.2) is 5.96 Å². The van der Waals surface area contributed by atoms with E-state index >= 15 is 0 Å². The van der Waals surface area contributed by atoms with E-state index in [1.54, 1.807) is 20.4 Å². The summed E-state index contributed by atoms with van der Waals surface area (Å²) in [4.78, 5) is 20.3. The third kappa shape index (κ3) is 7.71. The molecule has 0 radical (unpaired) electrons. The lowest BCUT2D eigenvalue weighted by atomic mass is 10.0. The van der Waals surface area contributed by atoms with Crippen LogP contribution in [0.15, 0.2) is 52.1 Å². The molecule has 0 unspecified atom stereocenters. The second-order valence-electron chi connectivity index (χ2n) is 8.03. The molecule has 8 heteroatoms. The highest BCUT2D eigenvalue weighted by Crippen LogP contribution is 2.14. The molecular formula is C23H32FN5O2. The van der Waals surface area contributed by atoms with Gasteiger partial charge >= 0.3 is 0 Å². The van der Waals surface area contributed by atoms with Crippen LogP contribution < -0.4 is 10.6 Å². The van der Waals surface area contributed by atoms with Crippen molar-refractivity contribution in [2.75, 3.05) is 40.3 Å². The Labute approximate surface area is 183 Å². The second-order valence-corrected chi connectivity index (χ2v) is 8.03. The molecular weight excluding hydrogens is 397 g/mol. The maximum Gasteiger partial charge on any atom is 0.243 e. The van der Waals surface area contributed by atoms with E-state index in [4.69, 9.17) is 4.42 Å². The minimum absolute atomic E-state index is 0.0405. The summed E-state index contributed by atoms with van der Waals surface area (Å²) in [5.74, 6) is 1.32. The van der Waals surface area contributed by atoms with E-state index in [0.29, 0.717) is 12.5 Å². The van der Waals surface area contributed by atoms with E-state index in [1.165, 1.54) is 17.0 Å². The van der Waals surface area contributed by atoms with E-state index in [0.717, 1.165) is 50.2 Å². The number of aliphatic imine (C=N–C) groups is 1. The summed E-state index contributed by atoms with van der Waals surface area (Å²) in [6.45, 7) is 3.49. The van der Waals surface area contributed by atoms with Crippen LogP contribution in [0.3, 0.4) is 0 Å². The van der Waals surface area contributed by atoms with E-state index in [9.17, 15) is 9.18 Å². The molecule has 0 aliphatic carbocycles. The monoisotopic (exact) mass is 429 g/mol. The summed E-state index contributed by atoms with van der Waals surface area (Å²) in [7, 11) is 3.46. The number of hydrogen-bond donors (Lipinski definition) is 2. The van der Waals surface area contributed by atoms with Crippen molar-refractivity contribution in [1.82, 2.24) is 20.4 Å². The number of rotatable bonds is 8. The molecule has 1 aliphatic heterocycles. The molecule has 1 saturated heterocycles. The molecule has 2 heterocycles. The summed E-state index contributed by atoms with van der Waals surface area (Å²) in [5, 5.41) is 6.80. The number of likely N-dealkylation sites (tertiary alicyclic amines) is 1. The van der Waals surface area contributed by atoms with Crippen molar-refractivity contribution >= 4 is 11.9 Å². The lowest BCUT2D eigenvalue weighted by Gasteiger charge is -2.33. The molecule has 0 saturated carbocycles. The Hall–Kier alpha value is -2.87. The molecule has 3 rings (SSSR count). The Morgan fingerprint density at radius 2 is 1.97 bits per heavy atom. The molecule has 1 fully saturated rings. The molecule has 7 nitrogen and oxygen atoms in total. The molecule has 1 aromatic heterocycles. The van der Waals surface area contributed by atoms with Crippen LogP contribution in [0, 0.1) is 5.82 Å². The predicted molar refractivity (Wildman–Crippen MR) is 119 cm³/mol. The SMILES string of the molecule is CN(C)C(=O)CN=C(NCCc1ccco1)NC1CCN(Cc2ccc(F)cc2)CC1. The van der Waals surface area contributed by atoms with E-state index in [-0.39, 0.29) is 24.3 Å². The molecule has 168 valence electrons. The van der Waals surface area contributed by atoms with Gasteiger partial charge in [0.25, 0.3) is 0 Å². The van der Waals surface area contributed by atoms with E-state index in [1.807, 2.05) is 24.3 Å². The lowest BCUT2D eigenvalue weighted by Crippen LogP contribution is -2.49. The number of carbonyl (C=O) groups excluding carboxylic acids is 1. The van der Waals surface area contributed by atoms with Crippen molar-refractivity contribution < 1.29 is 13.6 Å². The van der Waals surface area contributed by atoms with Gasteiger partial charge in [0.2, 0.25) is 5.91 Å². The smallest absolute Gasteiger partial charge is 0.243 e. The number of likely N-dealkylation sites (N-methyl/N-ethyl adjacent to an activating group) is 1. The summed E-state index contributed by atoms with van der Waals surface area (Å²) >= 11 is 0. The van der Waals surface area contributed by atoms with Gasteiger partial charge in [-0.15, -0.1) is 0 Å². The molecule has 31 heavy (non-hydrogen) atoms. The summed E-state index contributed by atoms with van der Waals surface area (Å²) in [5.41, 5.74) is 1.12. The second kappa shape index (κ2) is 11.5. The molecule has 1 aromatic carbocycles. The number of benzene rings is 1. The first-order chi connectivity index (χ1) is 15.0. The Balaban J connectivity index is 1.49. The summed E-state index contributed by atoms with van der Waals surface area (Å²) in [6, 6.07) is 10.8. The lowest BCUT2D eigenvalue weighted by molar-refractivity contribution is -0.127. The fourth-order valence-corrected chi connectivity index (χ4v) is 3.48. The Morgan fingerprint density at radius 3 is 2.61 bits per heavy atom. The average Bonchev–Trinajstić information content (AvgIpc) is 3.28. The summed E-state index contributed by atoms with van der Waals surface area (Å²) in [6.07, 6.45) is 4.35. The zero-order valence-electron chi connectivity index (χ0n) is 18.3. The van der Waals surface area contributed by atoms with Gasteiger partial charge in [-0.2, -0.15) is 0 Å². The van der Waals surface area contributed by atoms with Crippen LogP contribution >= 0.6 is 0 Å². The molecule has 0 bridgehead atoms. The van der Waals surface area contributed by atoms with Crippen LogP contribution in [-0.2, 0) is 17.8 Å². The average molecular weight is 430 g/mol. The number of piperidine rings is 1. The van der Waals surface area contributed by atoms with Crippen LogP contribution in [0.4, 0.5) is 4.39 Å². The molecule has 0 spiro atoms. The quantitative estimate of drug-likeness (QED) is 0.497. The third-order valence-corrected chi connectivity index (χ3v) is 5.36. The molecule has 1 amide bonds. The number of nitrogens with one attached hydrogen (secondary N) is 2. The van der Waals surface area contributed by atoms with Crippen molar-refractivity contribution in [1.29, 1.82) is 0 Å². The first kappa shape index (κ1) is 22.8. The van der Waals surface area contributed by atoms with Gasteiger partial charge < -0.3 is 20.0 Å². The Bertz CT molecular complexity index is 828. The number of guanidine groups is 1. The zero-order chi connectivity index (χ0) is 22.1. The van der Waals surface area contributed by atoms with E-state index in [2.05, 4.69) is 20.5 Å². The first-order valence-electron chi connectivity index (χ1n) is 10.7. The van der Waals surface area contributed by atoms with Gasteiger partial charge in [-0.25, -0.2) is 9.38 Å². The maximum atomic E-state index is 13.1. The number of amides is 1. The van der Waals surface area contributed by atoms with Gasteiger partial charge in [-0.1, -0.05) is 12.1 Å². The van der Waals surface area contributed by atoms with Crippen LogP contribution in [0.2, 0.25) is 0 Å². The fraction of sp³-hybridized carbons (Fsp3) is 0.478. The number of halogens is 1. The minimum atomic E-state index is -0.203. The highest BCUT2D eigenvalue weighted by Gasteiger charge is 2.20. The standard InChI is InChI=1S/C23H32FN5O2/c1-28(2)22(30)16-26-23(25-12-9-21-4-3-15-31-21)27-20-10-13-29(14-11-20)17-18-5-7-19(24)8-6-18/h3-8,15,20H,9-14,16-17H2,1-2H3,(H2,25,26,27). The first-order valence-corrected chi connectivity index (χ1v) is 10.7. The number of nitrogens with zero attached hydrogens (tertiary/aromatic N) is 3. The topological polar surface area (TPSA) is 73.1 Å². The van der Waals surface area contributed by atoms with Gasteiger partial charge in [-0.3, -0.25) is 9.69 Å². The molecule has 1 aliphatic rings. The van der Waals surface area contributed by atoms with Gasteiger partial charge in [0.05, 0.1) is 6.26 Å². The third-order valence-electron chi connectivity index (χ3n) is 5.36. The largest absolute Gasteiger partial charge is 0.469 e. The van der Waals surface area contributed by atoms with Crippen LogP contribution in [0.5, 0.6) is 0 Å². The van der Waals surface area contributed by atoms with Crippen LogP contribution in [0.1, 0.15) is 24.2 Å². The highest BCUT2D eigenvalue weighted by molar-refractivity contribution is 5.84. The fourth-order valence-electron chi connectivity index (χ4n) is 3.48.